The van der Waals surface area contributed by atoms with E-state index in [4.69, 9.17) is 0 Å². The SMILES string of the molecule is CCOC(=O)[C@@H](O)/C=C\c1ccccc1. The molecule has 0 amide bonds. The second kappa shape index (κ2) is 5.98. The highest BCUT2D eigenvalue weighted by molar-refractivity contribution is 5.77. The quantitative estimate of drug-likeness (QED) is 0.761. The monoisotopic (exact) mass is 206 g/mol. The molecular weight excluding hydrogens is 192 g/mol. The Kier molecular flexibility index (Phi) is 4.57. The van der Waals surface area contributed by atoms with Crippen LogP contribution in [0.3, 0.4) is 0 Å². The smallest absolute Gasteiger partial charge is 0.339 e. The summed E-state index contributed by atoms with van der Waals surface area (Å²) in [6.45, 7) is 1.97. The molecule has 1 N–H and O–H groups in total. The first kappa shape index (κ1) is 11.5. The minimum Gasteiger partial charge on any atom is -0.464 e. The van der Waals surface area contributed by atoms with Gasteiger partial charge in [-0.15, -0.1) is 0 Å². The predicted octanol–water partition coefficient (Wildman–Crippen LogP) is 1.62. The van der Waals surface area contributed by atoms with Gasteiger partial charge in [0.15, 0.2) is 6.10 Å². The van der Waals surface area contributed by atoms with E-state index < -0.39 is 12.1 Å². The van der Waals surface area contributed by atoms with Crippen molar-refractivity contribution in [3.05, 3.63) is 42.0 Å². The molecule has 0 saturated heterocycles. The normalized spacial score (nSPS) is 12.7. The van der Waals surface area contributed by atoms with E-state index in [1.807, 2.05) is 30.3 Å². The van der Waals surface area contributed by atoms with E-state index in [0.29, 0.717) is 0 Å². The summed E-state index contributed by atoms with van der Waals surface area (Å²) in [5.41, 5.74) is 0.931. The van der Waals surface area contributed by atoms with Gasteiger partial charge in [0.05, 0.1) is 6.61 Å². The van der Waals surface area contributed by atoms with Crippen molar-refractivity contribution in [2.75, 3.05) is 6.61 Å². The Morgan fingerprint density at radius 3 is 2.73 bits per heavy atom. The van der Waals surface area contributed by atoms with Crippen molar-refractivity contribution in [1.29, 1.82) is 0 Å². The van der Waals surface area contributed by atoms with Crippen molar-refractivity contribution < 1.29 is 14.6 Å². The molecule has 0 radical (unpaired) electrons. The van der Waals surface area contributed by atoms with Gasteiger partial charge in [-0.25, -0.2) is 4.79 Å². The first-order valence-electron chi connectivity index (χ1n) is 4.82. The molecule has 0 aliphatic rings. The zero-order valence-corrected chi connectivity index (χ0v) is 8.59. The van der Waals surface area contributed by atoms with Crippen molar-refractivity contribution in [2.45, 2.75) is 13.0 Å². The highest BCUT2D eigenvalue weighted by atomic mass is 16.5. The minimum atomic E-state index is -1.19. The summed E-state index contributed by atoms with van der Waals surface area (Å²) < 4.78 is 4.65. The topological polar surface area (TPSA) is 46.5 Å². The zero-order valence-electron chi connectivity index (χ0n) is 8.59. The Balaban J connectivity index is 2.54. The van der Waals surface area contributed by atoms with Gasteiger partial charge >= 0.3 is 5.97 Å². The molecule has 80 valence electrons. The molecule has 15 heavy (non-hydrogen) atoms. The highest BCUT2D eigenvalue weighted by Gasteiger charge is 2.11. The fourth-order valence-electron chi connectivity index (χ4n) is 1.07. The summed E-state index contributed by atoms with van der Waals surface area (Å²) in [6.07, 6.45) is 1.90. The minimum absolute atomic E-state index is 0.273. The lowest BCUT2D eigenvalue weighted by Crippen LogP contribution is -2.20. The number of hydrogen-bond acceptors (Lipinski definition) is 3. The number of ether oxygens (including phenoxy) is 1. The second-order valence-electron chi connectivity index (χ2n) is 2.97. The van der Waals surface area contributed by atoms with Gasteiger partial charge in [0.2, 0.25) is 0 Å². The molecule has 0 bridgehead atoms. The summed E-state index contributed by atoms with van der Waals surface area (Å²) in [5, 5.41) is 9.35. The molecule has 1 rings (SSSR count). The number of esters is 1. The molecule has 0 aromatic heterocycles. The Morgan fingerprint density at radius 2 is 2.13 bits per heavy atom. The van der Waals surface area contributed by atoms with Crippen LogP contribution in [0.25, 0.3) is 6.08 Å². The fourth-order valence-corrected chi connectivity index (χ4v) is 1.07. The van der Waals surface area contributed by atoms with Crippen molar-refractivity contribution in [3.63, 3.8) is 0 Å². The van der Waals surface area contributed by atoms with E-state index in [1.54, 1.807) is 13.0 Å². The molecule has 0 fully saturated rings. The third kappa shape index (κ3) is 3.95. The van der Waals surface area contributed by atoms with E-state index in [-0.39, 0.29) is 6.61 Å². The molecule has 0 unspecified atom stereocenters. The van der Waals surface area contributed by atoms with Crippen molar-refractivity contribution >= 4 is 12.0 Å². The number of benzene rings is 1. The van der Waals surface area contributed by atoms with Crippen LogP contribution in [0.15, 0.2) is 36.4 Å². The molecule has 0 aliphatic carbocycles. The molecule has 0 saturated carbocycles. The molecule has 0 spiro atoms. The van der Waals surface area contributed by atoms with E-state index in [9.17, 15) is 9.90 Å². The van der Waals surface area contributed by atoms with Crippen LogP contribution < -0.4 is 0 Å². The first-order valence-corrected chi connectivity index (χ1v) is 4.82. The van der Waals surface area contributed by atoms with Gasteiger partial charge in [-0.1, -0.05) is 36.4 Å². The maximum absolute atomic E-state index is 11.0. The van der Waals surface area contributed by atoms with Crippen molar-refractivity contribution in [2.24, 2.45) is 0 Å². The van der Waals surface area contributed by atoms with Crippen LogP contribution in [0.2, 0.25) is 0 Å². The zero-order chi connectivity index (χ0) is 11.1. The molecule has 0 heterocycles. The maximum atomic E-state index is 11.0. The summed E-state index contributed by atoms with van der Waals surface area (Å²) in [6, 6.07) is 9.44. The standard InChI is InChI=1S/C12H14O3/c1-2-15-12(14)11(13)9-8-10-6-4-3-5-7-10/h3-9,11,13H,2H2,1H3/b9-8-/t11-/m0/s1. The fraction of sp³-hybridized carbons (Fsp3) is 0.250. The van der Waals surface area contributed by atoms with Gasteiger partial charge in [-0.05, 0) is 18.6 Å². The van der Waals surface area contributed by atoms with Crippen LogP contribution in [0, 0.1) is 0 Å². The summed E-state index contributed by atoms with van der Waals surface area (Å²) in [7, 11) is 0. The molecule has 0 aliphatic heterocycles. The number of carbonyl (C=O) groups excluding carboxylic acids is 1. The third-order valence-corrected chi connectivity index (χ3v) is 1.80. The average Bonchev–Trinajstić information content (AvgIpc) is 2.27. The molecule has 1 atom stereocenters. The number of aliphatic hydroxyl groups is 1. The third-order valence-electron chi connectivity index (χ3n) is 1.80. The Hall–Kier alpha value is -1.61. The van der Waals surface area contributed by atoms with E-state index in [1.165, 1.54) is 6.08 Å². The Labute approximate surface area is 89.0 Å². The number of rotatable bonds is 4. The summed E-state index contributed by atoms with van der Waals surface area (Å²) >= 11 is 0. The van der Waals surface area contributed by atoms with Gasteiger partial charge in [0.25, 0.3) is 0 Å². The summed E-state index contributed by atoms with van der Waals surface area (Å²) in [5.74, 6) is -0.621. The first-order chi connectivity index (χ1) is 7.24. The van der Waals surface area contributed by atoms with Crippen molar-refractivity contribution in [1.82, 2.24) is 0 Å². The lowest BCUT2D eigenvalue weighted by Gasteiger charge is -2.04. The maximum Gasteiger partial charge on any atom is 0.339 e. The molecule has 1 aromatic rings. The van der Waals surface area contributed by atoms with Crippen LogP contribution in [0.1, 0.15) is 12.5 Å². The predicted molar refractivity (Wildman–Crippen MR) is 58.1 cm³/mol. The van der Waals surface area contributed by atoms with Gasteiger partial charge in [0.1, 0.15) is 0 Å². The van der Waals surface area contributed by atoms with Gasteiger partial charge in [-0.2, -0.15) is 0 Å². The lowest BCUT2D eigenvalue weighted by atomic mass is 10.2. The number of aliphatic hydroxyl groups excluding tert-OH is 1. The highest BCUT2D eigenvalue weighted by Crippen LogP contribution is 2.02. The average molecular weight is 206 g/mol. The van der Waals surface area contributed by atoms with E-state index in [0.717, 1.165) is 5.56 Å². The van der Waals surface area contributed by atoms with Crippen LogP contribution in [0.5, 0.6) is 0 Å². The van der Waals surface area contributed by atoms with E-state index >= 15 is 0 Å². The Morgan fingerprint density at radius 1 is 1.47 bits per heavy atom. The van der Waals surface area contributed by atoms with Crippen LogP contribution >= 0.6 is 0 Å². The summed E-state index contributed by atoms with van der Waals surface area (Å²) in [4.78, 5) is 11.0. The van der Waals surface area contributed by atoms with Crippen molar-refractivity contribution in [3.8, 4) is 0 Å². The van der Waals surface area contributed by atoms with Crippen LogP contribution in [0.4, 0.5) is 0 Å². The molecular formula is C12H14O3. The molecule has 3 nitrogen and oxygen atoms in total. The number of hydrogen-bond donors (Lipinski definition) is 1. The van der Waals surface area contributed by atoms with Gasteiger partial charge in [0, 0.05) is 0 Å². The lowest BCUT2D eigenvalue weighted by molar-refractivity contribution is -0.150. The molecule has 3 heteroatoms. The van der Waals surface area contributed by atoms with Gasteiger partial charge in [-0.3, -0.25) is 0 Å². The Bertz CT molecular complexity index is 330. The molecule has 1 aromatic carbocycles. The number of carbonyl (C=O) groups is 1. The van der Waals surface area contributed by atoms with Gasteiger partial charge < -0.3 is 9.84 Å². The second-order valence-corrected chi connectivity index (χ2v) is 2.97. The largest absolute Gasteiger partial charge is 0.464 e. The van der Waals surface area contributed by atoms with E-state index in [2.05, 4.69) is 4.74 Å². The van der Waals surface area contributed by atoms with Crippen LogP contribution in [-0.2, 0) is 9.53 Å². The van der Waals surface area contributed by atoms with Crippen LogP contribution in [-0.4, -0.2) is 23.8 Å².